The molecule has 1 atom stereocenters. The Balaban J connectivity index is 2.00. The minimum absolute atomic E-state index is 0.0213. The molecule has 1 fully saturated rings. The monoisotopic (exact) mass is 340 g/mol. The number of hydrogen-bond acceptors (Lipinski definition) is 3. The number of aliphatic hydroxyl groups excluding tert-OH is 1. The van der Waals surface area contributed by atoms with Gasteiger partial charge >= 0.3 is 0 Å². The normalized spacial score (nSPS) is 17.3. The van der Waals surface area contributed by atoms with Crippen LogP contribution in [0.3, 0.4) is 0 Å². The lowest BCUT2D eigenvalue weighted by atomic mass is 9.95. The van der Waals surface area contributed by atoms with Gasteiger partial charge in [-0.25, -0.2) is 13.2 Å². The number of halogens is 3. The van der Waals surface area contributed by atoms with Crippen LogP contribution in [0, 0.1) is 35.7 Å². The van der Waals surface area contributed by atoms with Crippen molar-refractivity contribution in [1.29, 1.82) is 0 Å². The van der Waals surface area contributed by atoms with Crippen LogP contribution in [0.4, 0.5) is 13.2 Å². The van der Waals surface area contributed by atoms with E-state index in [0.717, 1.165) is 12.1 Å². The van der Waals surface area contributed by atoms with Gasteiger partial charge in [-0.15, -0.1) is 6.42 Å². The Morgan fingerprint density at radius 1 is 1.33 bits per heavy atom. The number of rotatable bonds is 5. The molecule has 24 heavy (non-hydrogen) atoms. The van der Waals surface area contributed by atoms with Gasteiger partial charge in [0.15, 0.2) is 17.5 Å². The highest BCUT2D eigenvalue weighted by molar-refractivity contribution is 5.79. The molecule has 1 saturated heterocycles. The fraction of sp³-hybridized carbons (Fsp3) is 0.471. The van der Waals surface area contributed by atoms with E-state index in [4.69, 9.17) is 6.42 Å². The van der Waals surface area contributed by atoms with Crippen molar-refractivity contribution in [2.75, 3.05) is 26.2 Å². The molecule has 2 N–H and O–H groups in total. The van der Waals surface area contributed by atoms with Crippen LogP contribution in [-0.4, -0.2) is 42.2 Å². The first-order valence-corrected chi connectivity index (χ1v) is 7.67. The Morgan fingerprint density at radius 3 is 2.42 bits per heavy atom. The van der Waals surface area contributed by atoms with E-state index in [-0.39, 0.29) is 17.4 Å². The molecule has 1 aromatic carbocycles. The number of nitrogens with one attached hydrogen (secondary N) is 1. The van der Waals surface area contributed by atoms with Crippen molar-refractivity contribution in [3.8, 4) is 12.3 Å². The smallest absolute Gasteiger partial charge is 0.223 e. The van der Waals surface area contributed by atoms with E-state index in [1.54, 1.807) is 0 Å². The van der Waals surface area contributed by atoms with Crippen LogP contribution in [0.1, 0.15) is 24.4 Å². The number of hydrogen-bond donors (Lipinski definition) is 2. The van der Waals surface area contributed by atoms with E-state index in [1.165, 1.54) is 0 Å². The number of benzene rings is 1. The minimum atomic E-state index is -1.58. The molecule has 2 rings (SSSR count). The summed E-state index contributed by atoms with van der Waals surface area (Å²) in [6.07, 6.45) is 6.47. The van der Waals surface area contributed by atoms with E-state index in [9.17, 15) is 23.1 Å². The molecule has 0 radical (unpaired) electrons. The van der Waals surface area contributed by atoms with Crippen molar-refractivity contribution < 1.29 is 23.1 Å². The van der Waals surface area contributed by atoms with Gasteiger partial charge in [0.05, 0.1) is 19.2 Å². The van der Waals surface area contributed by atoms with E-state index < -0.39 is 30.1 Å². The van der Waals surface area contributed by atoms with Gasteiger partial charge < -0.3 is 10.4 Å². The lowest BCUT2D eigenvalue weighted by molar-refractivity contribution is -0.127. The van der Waals surface area contributed by atoms with Gasteiger partial charge in [-0.2, -0.15) is 0 Å². The Kier molecular flexibility index (Phi) is 6.23. The van der Waals surface area contributed by atoms with Gasteiger partial charge in [-0.3, -0.25) is 9.69 Å². The SMILES string of the molecule is C#CCN1CCC(C(=O)NC(CO)c2cc(F)c(F)c(F)c2)CC1. The molecule has 7 heteroatoms. The summed E-state index contributed by atoms with van der Waals surface area (Å²) in [5.41, 5.74) is -0.0213. The number of terminal acetylenes is 1. The van der Waals surface area contributed by atoms with Crippen molar-refractivity contribution in [3.63, 3.8) is 0 Å². The number of likely N-dealkylation sites (tertiary alicyclic amines) is 1. The van der Waals surface area contributed by atoms with Crippen molar-refractivity contribution >= 4 is 5.91 Å². The molecule has 4 nitrogen and oxygen atoms in total. The lowest BCUT2D eigenvalue weighted by Gasteiger charge is -2.30. The van der Waals surface area contributed by atoms with Gasteiger partial charge in [0.1, 0.15) is 0 Å². The standard InChI is InChI=1S/C17H19F3N2O2/c1-2-5-22-6-3-11(4-7-22)17(24)21-15(10-23)12-8-13(18)16(20)14(19)9-12/h1,8-9,11,15,23H,3-7,10H2,(H,21,24). The Morgan fingerprint density at radius 2 is 1.92 bits per heavy atom. The maximum atomic E-state index is 13.3. The third-order valence-corrected chi connectivity index (χ3v) is 4.18. The Hall–Kier alpha value is -2.04. The zero-order valence-electron chi connectivity index (χ0n) is 13.1. The molecule has 0 spiro atoms. The molecule has 1 aliphatic rings. The van der Waals surface area contributed by atoms with Crippen molar-refractivity contribution in [3.05, 3.63) is 35.1 Å². The number of carbonyl (C=O) groups excluding carboxylic acids is 1. The molecule has 1 unspecified atom stereocenters. The summed E-state index contributed by atoms with van der Waals surface area (Å²) in [7, 11) is 0. The van der Waals surface area contributed by atoms with Crippen molar-refractivity contribution in [2.45, 2.75) is 18.9 Å². The van der Waals surface area contributed by atoms with Gasteiger partial charge in [-0.05, 0) is 43.6 Å². The van der Waals surface area contributed by atoms with Crippen LogP contribution in [0.2, 0.25) is 0 Å². The maximum Gasteiger partial charge on any atom is 0.223 e. The third kappa shape index (κ3) is 4.28. The first kappa shape index (κ1) is 18.3. The highest BCUT2D eigenvalue weighted by Gasteiger charge is 2.27. The molecule has 130 valence electrons. The predicted molar refractivity (Wildman–Crippen MR) is 82.3 cm³/mol. The van der Waals surface area contributed by atoms with Gasteiger partial charge in [0.2, 0.25) is 5.91 Å². The van der Waals surface area contributed by atoms with Crippen LogP contribution in [-0.2, 0) is 4.79 Å². The third-order valence-electron chi connectivity index (χ3n) is 4.18. The fourth-order valence-corrected chi connectivity index (χ4v) is 2.78. The maximum absolute atomic E-state index is 13.3. The van der Waals surface area contributed by atoms with Crippen LogP contribution in [0.25, 0.3) is 0 Å². The molecular weight excluding hydrogens is 321 g/mol. The molecule has 1 amide bonds. The fourth-order valence-electron chi connectivity index (χ4n) is 2.78. The van der Waals surface area contributed by atoms with Crippen LogP contribution >= 0.6 is 0 Å². The van der Waals surface area contributed by atoms with Crippen LogP contribution < -0.4 is 5.32 Å². The summed E-state index contributed by atoms with van der Waals surface area (Å²) in [6.45, 7) is 1.35. The second-order valence-electron chi connectivity index (χ2n) is 5.80. The van der Waals surface area contributed by atoms with Crippen LogP contribution in [0.15, 0.2) is 12.1 Å². The summed E-state index contributed by atoms with van der Waals surface area (Å²) >= 11 is 0. The van der Waals surface area contributed by atoms with Crippen molar-refractivity contribution in [1.82, 2.24) is 10.2 Å². The summed E-state index contributed by atoms with van der Waals surface area (Å²) in [6, 6.07) is 0.551. The highest BCUT2D eigenvalue weighted by Crippen LogP contribution is 2.22. The average molecular weight is 340 g/mol. The van der Waals surface area contributed by atoms with Crippen molar-refractivity contribution in [2.24, 2.45) is 5.92 Å². The molecule has 0 saturated carbocycles. The average Bonchev–Trinajstić information content (AvgIpc) is 2.58. The lowest BCUT2D eigenvalue weighted by Crippen LogP contribution is -2.42. The molecule has 1 aromatic rings. The van der Waals surface area contributed by atoms with E-state index in [1.807, 2.05) is 0 Å². The number of aliphatic hydroxyl groups is 1. The van der Waals surface area contributed by atoms with E-state index in [0.29, 0.717) is 32.5 Å². The van der Waals surface area contributed by atoms with Crippen LogP contribution in [0.5, 0.6) is 0 Å². The molecule has 1 aliphatic heterocycles. The highest BCUT2D eigenvalue weighted by atomic mass is 19.2. The van der Waals surface area contributed by atoms with Gasteiger partial charge in [0, 0.05) is 5.92 Å². The van der Waals surface area contributed by atoms with E-state index >= 15 is 0 Å². The Labute approximate surface area is 138 Å². The topological polar surface area (TPSA) is 52.6 Å². The second kappa shape index (κ2) is 8.18. The largest absolute Gasteiger partial charge is 0.394 e. The second-order valence-corrected chi connectivity index (χ2v) is 5.80. The van der Waals surface area contributed by atoms with E-state index in [2.05, 4.69) is 16.1 Å². The molecular formula is C17H19F3N2O2. The molecule has 0 bridgehead atoms. The number of piperidine rings is 1. The molecule has 0 aromatic heterocycles. The minimum Gasteiger partial charge on any atom is -0.394 e. The molecule has 0 aliphatic carbocycles. The number of amides is 1. The number of carbonyl (C=O) groups is 1. The zero-order chi connectivity index (χ0) is 17.7. The Bertz CT molecular complexity index is 614. The first-order chi connectivity index (χ1) is 11.5. The molecule has 1 heterocycles. The van der Waals surface area contributed by atoms with Gasteiger partial charge in [-0.1, -0.05) is 5.92 Å². The summed E-state index contributed by atoms with van der Waals surface area (Å²) in [4.78, 5) is 14.4. The summed E-state index contributed by atoms with van der Waals surface area (Å²) in [5, 5.41) is 12.0. The van der Waals surface area contributed by atoms with Gasteiger partial charge in [0.25, 0.3) is 0 Å². The first-order valence-electron chi connectivity index (χ1n) is 7.67. The summed E-state index contributed by atoms with van der Waals surface area (Å²) in [5.74, 6) is -2.32. The summed E-state index contributed by atoms with van der Waals surface area (Å²) < 4.78 is 39.6. The zero-order valence-corrected chi connectivity index (χ0v) is 13.1. The number of nitrogens with zero attached hydrogens (tertiary/aromatic N) is 1. The quantitative estimate of drug-likeness (QED) is 0.632. The predicted octanol–water partition coefficient (Wildman–Crippen LogP) is 1.60.